The highest BCUT2D eigenvalue weighted by atomic mass is 79.9. The molecule has 1 heterocycles. The van der Waals surface area contributed by atoms with Gasteiger partial charge in [0, 0.05) is 16.5 Å². The zero-order valence-electron chi connectivity index (χ0n) is 14.3. The summed E-state index contributed by atoms with van der Waals surface area (Å²) < 4.78 is 12.7. The zero-order valence-corrected chi connectivity index (χ0v) is 15.8. The summed E-state index contributed by atoms with van der Waals surface area (Å²) >= 11 is 3.42. The van der Waals surface area contributed by atoms with E-state index in [4.69, 9.17) is 9.47 Å². The number of aromatic nitrogens is 2. The van der Waals surface area contributed by atoms with E-state index in [0.29, 0.717) is 23.1 Å². The quantitative estimate of drug-likeness (QED) is 0.701. The Bertz CT molecular complexity index is 814. The number of hydrogen-bond acceptors (Lipinski definition) is 5. The summed E-state index contributed by atoms with van der Waals surface area (Å²) in [4.78, 5) is 24.4. The van der Waals surface area contributed by atoms with E-state index < -0.39 is 11.6 Å². The molecule has 1 aromatic carbocycles. The van der Waals surface area contributed by atoms with E-state index in [0.717, 1.165) is 9.15 Å². The zero-order chi connectivity index (χ0) is 17.9. The van der Waals surface area contributed by atoms with Crippen LogP contribution >= 0.6 is 15.9 Å². The second-order valence-electron chi connectivity index (χ2n) is 5.75. The Morgan fingerprint density at radius 1 is 1.25 bits per heavy atom. The van der Waals surface area contributed by atoms with Crippen molar-refractivity contribution in [1.82, 2.24) is 9.78 Å². The minimum absolute atomic E-state index is 0.228. The fraction of sp³-hybridized carbons (Fsp3) is 0.471. The number of esters is 1. The lowest BCUT2D eigenvalue weighted by molar-refractivity contribution is -0.144. The first kappa shape index (κ1) is 18.6. The van der Waals surface area contributed by atoms with Gasteiger partial charge in [-0.15, -0.1) is 0 Å². The molecule has 7 heteroatoms. The molecule has 2 rings (SSSR count). The van der Waals surface area contributed by atoms with Crippen molar-refractivity contribution in [2.45, 2.75) is 39.8 Å². The summed E-state index contributed by atoms with van der Waals surface area (Å²) in [5.41, 5.74) is -0.441. The molecule has 0 saturated carbocycles. The second kappa shape index (κ2) is 7.44. The molecule has 0 atom stereocenters. The molecule has 0 aliphatic carbocycles. The van der Waals surface area contributed by atoms with E-state index in [2.05, 4.69) is 21.0 Å². The van der Waals surface area contributed by atoms with Crippen molar-refractivity contribution >= 4 is 32.7 Å². The van der Waals surface area contributed by atoms with Crippen LogP contribution in [-0.4, -0.2) is 29.0 Å². The molecule has 0 fully saturated rings. The molecular weight excluding hydrogens is 376 g/mol. The van der Waals surface area contributed by atoms with Crippen LogP contribution in [0.5, 0.6) is 0 Å². The van der Waals surface area contributed by atoms with E-state index >= 15 is 0 Å². The molecule has 1 aromatic heterocycles. The summed E-state index contributed by atoms with van der Waals surface area (Å²) in [5.74, 6) is -0.497. The number of carbonyl (C=O) groups is 1. The number of nitrogens with zero attached hydrogens (tertiary/aromatic N) is 2. The van der Waals surface area contributed by atoms with Crippen LogP contribution in [0.4, 0.5) is 0 Å². The molecule has 0 radical (unpaired) electrons. The van der Waals surface area contributed by atoms with E-state index in [1.165, 1.54) is 0 Å². The lowest BCUT2D eigenvalue weighted by Crippen LogP contribution is -2.33. The number of rotatable bonds is 6. The monoisotopic (exact) mass is 396 g/mol. The fourth-order valence-electron chi connectivity index (χ4n) is 2.57. The Morgan fingerprint density at radius 2 is 1.96 bits per heavy atom. The number of fused-ring (bicyclic) bond motifs is 1. The van der Waals surface area contributed by atoms with Gasteiger partial charge < -0.3 is 9.47 Å². The first-order valence-corrected chi connectivity index (χ1v) is 8.60. The molecule has 6 nitrogen and oxygen atoms in total. The van der Waals surface area contributed by atoms with Crippen molar-refractivity contribution in [3.05, 3.63) is 38.7 Å². The van der Waals surface area contributed by atoms with Gasteiger partial charge in [0.05, 0.1) is 12.0 Å². The smallest absolute Gasteiger partial charge is 0.327 e. The maximum Gasteiger partial charge on any atom is 0.327 e. The highest BCUT2D eigenvalue weighted by molar-refractivity contribution is 9.10. The molecule has 0 amide bonds. The van der Waals surface area contributed by atoms with Gasteiger partial charge in [0.25, 0.3) is 5.56 Å². The second-order valence-corrected chi connectivity index (χ2v) is 6.67. The van der Waals surface area contributed by atoms with Crippen molar-refractivity contribution in [2.24, 2.45) is 0 Å². The average molecular weight is 397 g/mol. The van der Waals surface area contributed by atoms with Gasteiger partial charge in [-0.2, -0.15) is 5.10 Å². The van der Waals surface area contributed by atoms with Gasteiger partial charge in [-0.05, 0) is 45.9 Å². The summed E-state index contributed by atoms with van der Waals surface area (Å²) in [6.45, 7) is 7.92. The molecule has 0 bridgehead atoms. The summed E-state index contributed by atoms with van der Waals surface area (Å²) in [6, 6.07) is 5.35. The number of benzene rings is 1. The van der Waals surface area contributed by atoms with Crippen LogP contribution < -0.4 is 5.56 Å². The third-order valence-electron chi connectivity index (χ3n) is 3.58. The van der Waals surface area contributed by atoms with Gasteiger partial charge in [0.1, 0.15) is 17.8 Å². The Labute approximate surface area is 148 Å². The largest absolute Gasteiger partial charge is 0.465 e. The van der Waals surface area contributed by atoms with Crippen LogP contribution in [-0.2, 0) is 26.4 Å². The number of ether oxygens (including phenoxy) is 2. The third-order valence-corrected chi connectivity index (χ3v) is 4.08. The molecule has 0 unspecified atom stereocenters. The van der Waals surface area contributed by atoms with Crippen LogP contribution in [0.3, 0.4) is 0 Å². The lowest BCUT2D eigenvalue weighted by Gasteiger charge is -2.26. The van der Waals surface area contributed by atoms with Crippen molar-refractivity contribution < 1.29 is 14.3 Å². The van der Waals surface area contributed by atoms with Gasteiger partial charge in [-0.25, -0.2) is 4.68 Å². The minimum atomic E-state index is -0.710. The first-order valence-electron chi connectivity index (χ1n) is 7.80. The number of hydrogen-bond donors (Lipinski definition) is 0. The molecule has 0 aliphatic heterocycles. The molecule has 0 N–H and O–H groups in total. The Hall–Kier alpha value is -1.73. The summed E-state index contributed by atoms with van der Waals surface area (Å²) in [7, 11) is 0. The number of halogens is 1. The first-order chi connectivity index (χ1) is 11.3. The standard InChI is InChI=1S/C17H21BrN2O4/c1-5-23-14(21)10-20-16(22)12-8-7-11(18)9-13(12)15(19-20)17(3,4)24-6-2/h7-9H,5-6,10H2,1-4H3. The van der Waals surface area contributed by atoms with Gasteiger partial charge in [-0.1, -0.05) is 15.9 Å². The average Bonchev–Trinajstić information content (AvgIpc) is 2.50. The van der Waals surface area contributed by atoms with Crippen LogP contribution in [0.2, 0.25) is 0 Å². The molecule has 130 valence electrons. The molecule has 0 spiro atoms. The number of carbonyl (C=O) groups excluding carboxylic acids is 1. The molecular formula is C17H21BrN2O4. The Morgan fingerprint density at radius 3 is 2.58 bits per heavy atom. The molecule has 2 aromatic rings. The van der Waals surface area contributed by atoms with Crippen LogP contribution in [0, 0.1) is 0 Å². The van der Waals surface area contributed by atoms with Crippen LogP contribution in [0.1, 0.15) is 33.4 Å². The third kappa shape index (κ3) is 3.84. The topological polar surface area (TPSA) is 70.4 Å². The Kier molecular flexibility index (Phi) is 5.77. The summed E-state index contributed by atoms with van der Waals surface area (Å²) in [5, 5.41) is 5.60. The fourth-order valence-corrected chi connectivity index (χ4v) is 2.93. The van der Waals surface area contributed by atoms with Crippen molar-refractivity contribution in [2.75, 3.05) is 13.2 Å². The predicted octanol–water partition coefficient (Wildman–Crippen LogP) is 2.99. The normalized spacial score (nSPS) is 11.7. The van der Waals surface area contributed by atoms with E-state index in [9.17, 15) is 9.59 Å². The maximum absolute atomic E-state index is 12.7. The van der Waals surface area contributed by atoms with E-state index in [1.807, 2.05) is 26.8 Å². The highest BCUT2D eigenvalue weighted by Gasteiger charge is 2.27. The van der Waals surface area contributed by atoms with Gasteiger partial charge in [-0.3, -0.25) is 9.59 Å². The van der Waals surface area contributed by atoms with E-state index in [1.54, 1.807) is 19.1 Å². The van der Waals surface area contributed by atoms with Crippen LogP contribution in [0.15, 0.2) is 27.5 Å². The lowest BCUT2D eigenvalue weighted by atomic mass is 9.99. The van der Waals surface area contributed by atoms with Crippen molar-refractivity contribution in [3.63, 3.8) is 0 Å². The van der Waals surface area contributed by atoms with Gasteiger partial charge in [0.2, 0.25) is 0 Å². The predicted molar refractivity (Wildman–Crippen MR) is 95.0 cm³/mol. The molecule has 24 heavy (non-hydrogen) atoms. The maximum atomic E-state index is 12.7. The Balaban J connectivity index is 2.69. The highest BCUT2D eigenvalue weighted by Crippen LogP contribution is 2.29. The van der Waals surface area contributed by atoms with E-state index in [-0.39, 0.29) is 18.7 Å². The minimum Gasteiger partial charge on any atom is -0.465 e. The van der Waals surface area contributed by atoms with Crippen LogP contribution in [0.25, 0.3) is 10.8 Å². The molecule has 0 saturated heterocycles. The van der Waals surface area contributed by atoms with Crippen molar-refractivity contribution in [3.8, 4) is 0 Å². The van der Waals surface area contributed by atoms with Crippen molar-refractivity contribution in [1.29, 1.82) is 0 Å². The van der Waals surface area contributed by atoms with Gasteiger partial charge in [0.15, 0.2) is 0 Å². The summed E-state index contributed by atoms with van der Waals surface area (Å²) in [6.07, 6.45) is 0. The SMILES string of the molecule is CCOC(=O)Cn1nc(C(C)(C)OCC)c2cc(Br)ccc2c1=O. The van der Waals surface area contributed by atoms with Gasteiger partial charge >= 0.3 is 5.97 Å². The molecule has 0 aliphatic rings.